The Bertz CT molecular complexity index is 1430. The Morgan fingerprint density at radius 2 is 1.78 bits per heavy atom. The third-order valence-corrected chi connectivity index (χ3v) is 5.35. The Morgan fingerprint density at radius 1 is 1.00 bits per heavy atom. The number of fused-ring (bicyclic) bond motifs is 3. The average Bonchev–Trinajstić information content (AvgIpc) is 3.38. The molecule has 3 aromatic heterocycles. The van der Waals surface area contributed by atoms with Crippen molar-refractivity contribution in [1.29, 1.82) is 0 Å². The van der Waals surface area contributed by atoms with Crippen LogP contribution in [0.3, 0.4) is 0 Å². The quantitative estimate of drug-likeness (QED) is 0.363. The fourth-order valence-corrected chi connectivity index (χ4v) is 3.60. The zero-order valence-electron chi connectivity index (χ0n) is 17.6. The van der Waals surface area contributed by atoms with Crippen molar-refractivity contribution in [3.8, 4) is 17.0 Å². The van der Waals surface area contributed by atoms with Crippen LogP contribution in [0.15, 0.2) is 71.8 Å². The molecule has 0 atom stereocenters. The van der Waals surface area contributed by atoms with Gasteiger partial charge in [-0.25, -0.2) is 22.8 Å². The summed E-state index contributed by atoms with van der Waals surface area (Å²) >= 11 is 0. The molecule has 3 heterocycles. The van der Waals surface area contributed by atoms with E-state index >= 15 is 0 Å². The van der Waals surface area contributed by atoms with Gasteiger partial charge in [0.15, 0.2) is 5.65 Å². The fourth-order valence-electron chi connectivity index (χ4n) is 3.60. The number of aromatic nitrogens is 5. The Morgan fingerprint density at radius 3 is 2.53 bits per heavy atom. The second kappa shape index (κ2) is 8.30. The van der Waals surface area contributed by atoms with Crippen LogP contribution in [0, 0.1) is 5.82 Å². The van der Waals surface area contributed by atoms with Gasteiger partial charge in [-0.15, -0.1) is 5.10 Å². The molecule has 8 heteroatoms. The minimum absolute atomic E-state index is 0.257. The van der Waals surface area contributed by atoms with Gasteiger partial charge in [0.05, 0.1) is 18.8 Å². The molecule has 0 radical (unpaired) electrons. The van der Waals surface area contributed by atoms with Gasteiger partial charge < -0.3 is 4.74 Å². The molecule has 0 aliphatic rings. The molecule has 0 fully saturated rings. The minimum atomic E-state index is -0.315. The summed E-state index contributed by atoms with van der Waals surface area (Å²) in [7, 11) is 0. The molecular formula is C24H22FN5O2. The van der Waals surface area contributed by atoms with E-state index in [1.807, 2.05) is 30.3 Å². The number of benzene rings is 2. The lowest BCUT2D eigenvalue weighted by Gasteiger charge is -2.05. The van der Waals surface area contributed by atoms with E-state index in [0.29, 0.717) is 12.3 Å². The van der Waals surface area contributed by atoms with Crippen LogP contribution in [0.5, 0.6) is 5.75 Å². The second-order valence-corrected chi connectivity index (χ2v) is 7.64. The Balaban J connectivity index is 1.48. The first-order valence-corrected chi connectivity index (χ1v) is 10.6. The van der Waals surface area contributed by atoms with Gasteiger partial charge in [0, 0.05) is 18.0 Å². The molecule has 2 aromatic carbocycles. The van der Waals surface area contributed by atoms with Crippen molar-refractivity contribution in [2.45, 2.75) is 26.3 Å². The minimum Gasteiger partial charge on any atom is -0.494 e. The highest BCUT2D eigenvalue weighted by Crippen LogP contribution is 2.24. The molecule has 0 bridgehead atoms. The molecule has 32 heavy (non-hydrogen) atoms. The van der Waals surface area contributed by atoms with Crippen LogP contribution in [0.4, 0.5) is 4.39 Å². The van der Waals surface area contributed by atoms with Crippen LogP contribution in [0.25, 0.3) is 22.4 Å². The van der Waals surface area contributed by atoms with E-state index in [9.17, 15) is 9.18 Å². The van der Waals surface area contributed by atoms with Gasteiger partial charge >= 0.3 is 5.69 Å². The molecule has 5 rings (SSSR count). The van der Waals surface area contributed by atoms with Gasteiger partial charge in [0.2, 0.25) is 0 Å². The first-order chi connectivity index (χ1) is 15.6. The molecule has 0 saturated heterocycles. The van der Waals surface area contributed by atoms with E-state index in [4.69, 9.17) is 4.74 Å². The number of rotatable bonds is 7. The molecular weight excluding hydrogens is 409 g/mol. The van der Waals surface area contributed by atoms with E-state index in [-0.39, 0.29) is 18.1 Å². The molecule has 0 N–H and O–H groups in total. The highest BCUT2D eigenvalue weighted by Gasteiger charge is 2.14. The zero-order valence-corrected chi connectivity index (χ0v) is 17.6. The highest BCUT2D eigenvalue weighted by atomic mass is 19.1. The number of unbranched alkanes of at least 4 members (excludes halogenated alkanes) is 1. The van der Waals surface area contributed by atoms with Gasteiger partial charge in [-0.2, -0.15) is 5.10 Å². The van der Waals surface area contributed by atoms with Crippen LogP contribution >= 0.6 is 0 Å². The predicted molar refractivity (Wildman–Crippen MR) is 120 cm³/mol. The van der Waals surface area contributed by atoms with E-state index in [1.54, 1.807) is 29.0 Å². The predicted octanol–water partition coefficient (Wildman–Crippen LogP) is 4.18. The molecule has 5 aromatic rings. The molecule has 0 unspecified atom stereocenters. The third kappa shape index (κ3) is 3.75. The van der Waals surface area contributed by atoms with Gasteiger partial charge in [-0.05, 0) is 54.4 Å². The van der Waals surface area contributed by atoms with Crippen molar-refractivity contribution >= 4 is 11.2 Å². The average molecular weight is 431 g/mol. The van der Waals surface area contributed by atoms with Crippen molar-refractivity contribution in [2.24, 2.45) is 0 Å². The Kier molecular flexibility index (Phi) is 5.18. The van der Waals surface area contributed by atoms with E-state index in [2.05, 4.69) is 17.1 Å². The van der Waals surface area contributed by atoms with E-state index in [1.165, 1.54) is 21.2 Å². The molecule has 0 aliphatic heterocycles. The van der Waals surface area contributed by atoms with Crippen LogP contribution in [-0.2, 0) is 6.54 Å². The lowest BCUT2D eigenvalue weighted by molar-refractivity contribution is 0.309. The number of hydrogen-bond donors (Lipinski definition) is 0. The van der Waals surface area contributed by atoms with Crippen molar-refractivity contribution in [3.05, 3.63) is 88.9 Å². The van der Waals surface area contributed by atoms with Crippen molar-refractivity contribution in [2.75, 3.05) is 6.61 Å². The lowest BCUT2D eigenvalue weighted by Crippen LogP contribution is -2.21. The summed E-state index contributed by atoms with van der Waals surface area (Å²) in [6, 6.07) is 15.8. The summed E-state index contributed by atoms with van der Waals surface area (Å²) in [6.45, 7) is 3.09. The standard InChI is InChI=1S/C24H22FN5O2/c1-2-3-14-32-20-10-6-18(7-11-20)21-15-22-23-27-30(16-17-4-8-19(25)9-5-17)24(31)28(23)12-13-29(22)26-21/h4-13,15H,2-3,14,16H2,1H3. The maximum Gasteiger partial charge on any atom is 0.350 e. The van der Waals surface area contributed by atoms with Crippen molar-refractivity contribution in [3.63, 3.8) is 0 Å². The highest BCUT2D eigenvalue weighted by molar-refractivity contribution is 5.76. The third-order valence-electron chi connectivity index (χ3n) is 5.35. The summed E-state index contributed by atoms with van der Waals surface area (Å²) in [5.41, 5.74) is 3.49. The topological polar surface area (TPSA) is 65.8 Å². The summed E-state index contributed by atoms with van der Waals surface area (Å²) in [6.07, 6.45) is 5.51. The van der Waals surface area contributed by atoms with Crippen LogP contribution in [0.1, 0.15) is 25.3 Å². The Labute approximate surface area is 183 Å². The molecule has 0 aliphatic carbocycles. The smallest absolute Gasteiger partial charge is 0.350 e. The summed E-state index contributed by atoms with van der Waals surface area (Å²) in [4.78, 5) is 12.8. The van der Waals surface area contributed by atoms with Gasteiger partial charge in [0.1, 0.15) is 17.1 Å². The fraction of sp³-hybridized carbons (Fsp3) is 0.208. The van der Waals surface area contributed by atoms with Gasteiger partial charge in [-0.3, -0.25) is 0 Å². The largest absolute Gasteiger partial charge is 0.494 e. The molecule has 0 saturated carbocycles. The summed E-state index contributed by atoms with van der Waals surface area (Å²) < 4.78 is 23.5. The van der Waals surface area contributed by atoms with Gasteiger partial charge in [0.25, 0.3) is 0 Å². The van der Waals surface area contributed by atoms with Gasteiger partial charge in [-0.1, -0.05) is 25.5 Å². The monoisotopic (exact) mass is 431 g/mol. The van der Waals surface area contributed by atoms with Crippen molar-refractivity contribution in [1.82, 2.24) is 23.8 Å². The molecule has 0 spiro atoms. The van der Waals surface area contributed by atoms with Crippen LogP contribution in [0.2, 0.25) is 0 Å². The van der Waals surface area contributed by atoms with Crippen LogP contribution in [-0.4, -0.2) is 30.4 Å². The first kappa shape index (κ1) is 20.0. The SMILES string of the molecule is CCCCOc1ccc(-c2cc3c4nn(Cc5ccc(F)cc5)c(=O)n4ccn3n2)cc1. The maximum atomic E-state index is 13.2. The maximum absolute atomic E-state index is 13.2. The molecule has 162 valence electrons. The number of ether oxygens (including phenoxy) is 1. The summed E-state index contributed by atoms with van der Waals surface area (Å²) in [5.74, 6) is 0.518. The lowest BCUT2D eigenvalue weighted by atomic mass is 10.1. The normalized spacial score (nSPS) is 11.4. The molecule has 0 amide bonds. The summed E-state index contributed by atoms with van der Waals surface area (Å²) in [5, 5.41) is 9.15. The number of hydrogen-bond acceptors (Lipinski definition) is 4. The van der Waals surface area contributed by atoms with E-state index < -0.39 is 0 Å². The second-order valence-electron chi connectivity index (χ2n) is 7.64. The zero-order chi connectivity index (χ0) is 22.1. The number of nitrogens with zero attached hydrogens (tertiary/aromatic N) is 5. The van der Waals surface area contributed by atoms with E-state index in [0.717, 1.165) is 40.9 Å². The molecule has 7 nitrogen and oxygen atoms in total. The number of halogens is 1. The first-order valence-electron chi connectivity index (χ1n) is 10.6. The van der Waals surface area contributed by atoms with Crippen molar-refractivity contribution < 1.29 is 9.13 Å². The Hall–Kier alpha value is -3.94. The van der Waals surface area contributed by atoms with Crippen LogP contribution < -0.4 is 10.4 Å².